The average molecular weight is 472 g/mol. The zero-order chi connectivity index (χ0) is 23.9. The number of nitrogens with one attached hydrogen (secondary N) is 2. The second-order valence-electron chi connectivity index (χ2n) is 8.36. The van der Waals surface area contributed by atoms with Gasteiger partial charge in [-0.2, -0.15) is 5.10 Å². The number of rotatable bonds is 6. The Labute approximate surface area is 199 Å². The number of nitrogens with zero attached hydrogens (tertiary/aromatic N) is 7. The number of pyridine rings is 1. The van der Waals surface area contributed by atoms with Crippen LogP contribution < -0.4 is 15.4 Å². The van der Waals surface area contributed by atoms with E-state index in [4.69, 9.17) is 4.74 Å². The molecule has 1 atom stereocenters. The maximum absolute atomic E-state index is 14.2. The first-order valence-electron chi connectivity index (χ1n) is 11.1. The molecule has 35 heavy (non-hydrogen) atoms. The largest absolute Gasteiger partial charge is 0.494 e. The lowest BCUT2D eigenvalue weighted by Gasteiger charge is -2.24. The van der Waals surface area contributed by atoms with E-state index < -0.39 is 0 Å². The molecule has 0 fully saturated rings. The van der Waals surface area contributed by atoms with Crippen molar-refractivity contribution in [1.82, 2.24) is 34.3 Å². The normalized spacial score (nSPS) is 14.7. The molecule has 1 aliphatic rings. The summed E-state index contributed by atoms with van der Waals surface area (Å²) in [5, 5.41) is 19.7. The van der Waals surface area contributed by atoms with E-state index >= 15 is 0 Å². The summed E-state index contributed by atoms with van der Waals surface area (Å²) in [5.74, 6) is 2.91. The van der Waals surface area contributed by atoms with Gasteiger partial charge in [0.2, 0.25) is 5.95 Å². The molecule has 0 unspecified atom stereocenters. The minimum Gasteiger partial charge on any atom is -0.494 e. The molecule has 4 aromatic heterocycles. The SMILES string of the molecule is COc1ccc(C[C@H]2CNc3cc(-c4ccnc(Nc5ccnn5C)n4)cc4nnc2n34)cc1F. The van der Waals surface area contributed by atoms with Crippen LogP contribution in [-0.2, 0) is 13.5 Å². The Balaban J connectivity index is 1.30. The minimum absolute atomic E-state index is 0.0462. The van der Waals surface area contributed by atoms with Gasteiger partial charge < -0.3 is 15.4 Å². The van der Waals surface area contributed by atoms with Gasteiger partial charge in [0, 0.05) is 37.3 Å². The highest BCUT2D eigenvalue weighted by molar-refractivity contribution is 5.71. The van der Waals surface area contributed by atoms with E-state index in [0.29, 0.717) is 24.6 Å². The topological polar surface area (TPSA) is 107 Å². The van der Waals surface area contributed by atoms with E-state index in [2.05, 4.69) is 35.9 Å². The summed E-state index contributed by atoms with van der Waals surface area (Å²) in [6, 6.07) is 12.7. The highest BCUT2D eigenvalue weighted by Gasteiger charge is 2.26. The first kappa shape index (κ1) is 21.0. The molecule has 2 N–H and O–H groups in total. The van der Waals surface area contributed by atoms with Crippen LogP contribution in [0, 0.1) is 5.82 Å². The summed E-state index contributed by atoms with van der Waals surface area (Å²) >= 11 is 0. The Kier molecular flexibility index (Phi) is 5.02. The van der Waals surface area contributed by atoms with Crippen LogP contribution in [0.1, 0.15) is 17.3 Å². The van der Waals surface area contributed by atoms with E-state index in [1.165, 1.54) is 13.2 Å². The fraction of sp³-hybridized carbons (Fsp3) is 0.208. The fourth-order valence-electron chi connectivity index (χ4n) is 4.38. The lowest BCUT2D eigenvalue weighted by molar-refractivity contribution is 0.386. The van der Waals surface area contributed by atoms with Gasteiger partial charge in [-0.25, -0.2) is 14.4 Å². The summed E-state index contributed by atoms with van der Waals surface area (Å²) in [4.78, 5) is 8.99. The third kappa shape index (κ3) is 3.80. The Bertz CT molecular complexity index is 1540. The van der Waals surface area contributed by atoms with Crippen molar-refractivity contribution in [3.63, 3.8) is 0 Å². The van der Waals surface area contributed by atoms with E-state index in [1.54, 1.807) is 23.1 Å². The van der Waals surface area contributed by atoms with Gasteiger partial charge in [0.15, 0.2) is 17.2 Å². The van der Waals surface area contributed by atoms with E-state index in [9.17, 15) is 4.39 Å². The standard InChI is InChI=1S/C24H22FN9O/c1-33-20(6-8-28-33)30-24-26-7-5-18(29-24)15-11-21-27-13-16(23-32-31-22(12-15)34(21)23)9-14-3-4-19(35-2)17(25)10-14/h3-8,10-12,16,27H,9,13H2,1-2H3,(H,26,29,30)/t16-/m0/s1. The van der Waals surface area contributed by atoms with Crippen LogP contribution >= 0.6 is 0 Å². The third-order valence-electron chi connectivity index (χ3n) is 6.14. The van der Waals surface area contributed by atoms with Crippen molar-refractivity contribution in [3.8, 4) is 17.0 Å². The van der Waals surface area contributed by atoms with E-state index in [-0.39, 0.29) is 17.5 Å². The lowest BCUT2D eigenvalue weighted by atomic mass is 9.97. The maximum atomic E-state index is 14.2. The van der Waals surface area contributed by atoms with Crippen LogP contribution in [-0.4, -0.2) is 48.0 Å². The van der Waals surface area contributed by atoms with Gasteiger partial charge in [0.25, 0.3) is 0 Å². The lowest BCUT2D eigenvalue weighted by Crippen LogP contribution is -2.24. The smallest absolute Gasteiger partial charge is 0.228 e. The number of ether oxygens (including phenoxy) is 1. The molecule has 176 valence electrons. The Morgan fingerprint density at radius 3 is 2.86 bits per heavy atom. The predicted molar refractivity (Wildman–Crippen MR) is 128 cm³/mol. The maximum Gasteiger partial charge on any atom is 0.228 e. The third-order valence-corrected chi connectivity index (χ3v) is 6.14. The Morgan fingerprint density at radius 2 is 2.06 bits per heavy atom. The number of hydrogen-bond acceptors (Lipinski definition) is 8. The zero-order valence-electron chi connectivity index (χ0n) is 19.1. The number of halogens is 1. The first-order chi connectivity index (χ1) is 17.1. The second-order valence-corrected chi connectivity index (χ2v) is 8.36. The van der Waals surface area contributed by atoms with Crippen molar-refractivity contribution >= 4 is 23.2 Å². The van der Waals surface area contributed by atoms with Crippen molar-refractivity contribution in [2.75, 3.05) is 24.3 Å². The van der Waals surface area contributed by atoms with Gasteiger partial charge in [-0.1, -0.05) is 6.07 Å². The van der Waals surface area contributed by atoms with Gasteiger partial charge in [-0.15, -0.1) is 10.2 Å². The van der Waals surface area contributed by atoms with Crippen LogP contribution in [0.5, 0.6) is 5.75 Å². The highest BCUT2D eigenvalue weighted by Crippen LogP contribution is 2.32. The number of benzene rings is 1. The van der Waals surface area contributed by atoms with Crippen molar-refractivity contribution in [2.24, 2.45) is 7.05 Å². The van der Waals surface area contributed by atoms with Crippen LogP contribution in [0.15, 0.2) is 54.9 Å². The highest BCUT2D eigenvalue weighted by atomic mass is 19.1. The number of hydrogen-bond donors (Lipinski definition) is 2. The quantitative estimate of drug-likeness (QED) is 0.387. The van der Waals surface area contributed by atoms with Gasteiger partial charge in [-0.3, -0.25) is 9.08 Å². The van der Waals surface area contributed by atoms with Gasteiger partial charge in [0.05, 0.1) is 19.0 Å². The van der Waals surface area contributed by atoms with Gasteiger partial charge in [-0.05, 0) is 42.3 Å². The van der Waals surface area contributed by atoms with Crippen molar-refractivity contribution in [3.05, 3.63) is 72.1 Å². The van der Waals surface area contributed by atoms with E-state index in [1.807, 2.05) is 41.8 Å². The second kappa shape index (κ2) is 8.35. The monoisotopic (exact) mass is 471 g/mol. The summed E-state index contributed by atoms with van der Waals surface area (Å²) in [6.45, 7) is 0.655. The average Bonchev–Trinajstić information content (AvgIpc) is 3.48. The number of aromatic nitrogens is 7. The zero-order valence-corrected chi connectivity index (χ0v) is 19.1. The van der Waals surface area contributed by atoms with Crippen molar-refractivity contribution < 1.29 is 9.13 Å². The molecule has 0 saturated heterocycles. The molecule has 1 aromatic carbocycles. The number of anilines is 3. The van der Waals surface area contributed by atoms with E-state index in [0.717, 1.165) is 34.3 Å². The van der Waals surface area contributed by atoms with Crippen LogP contribution in [0.3, 0.4) is 0 Å². The number of aryl methyl sites for hydroxylation is 1. The van der Waals surface area contributed by atoms with Crippen LogP contribution in [0.25, 0.3) is 16.9 Å². The molecule has 5 aromatic rings. The summed E-state index contributed by atoms with van der Waals surface area (Å²) < 4.78 is 22.9. The summed E-state index contributed by atoms with van der Waals surface area (Å²) in [7, 11) is 3.30. The first-order valence-corrected chi connectivity index (χ1v) is 11.1. The van der Waals surface area contributed by atoms with Gasteiger partial charge >= 0.3 is 0 Å². The molecule has 0 radical (unpaired) electrons. The molecule has 6 rings (SSSR count). The predicted octanol–water partition coefficient (Wildman–Crippen LogP) is 3.56. The van der Waals surface area contributed by atoms with Crippen LogP contribution in [0.2, 0.25) is 0 Å². The van der Waals surface area contributed by atoms with Gasteiger partial charge in [0.1, 0.15) is 17.5 Å². The molecule has 1 aliphatic heterocycles. The molecule has 0 bridgehead atoms. The Morgan fingerprint density at radius 1 is 1.14 bits per heavy atom. The molecule has 0 amide bonds. The van der Waals surface area contributed by atoms with Crippen molar-refractivity contribution in [1.29, 1.82) is 0 Å². The molecule has 0 spiro atoms. The number of methoxy groups -OCH3 is 1. The molecule has 0 saturated carbocycles. The minimum atomic E-state index is -0.368. The van der Waals surface area contributed by atoms with Crippen LogP contribution in [0.4, 0.5) is 22.0 Å². The summed E-state index contributed by atoms with van der Waals surface area (Å²) in [6.07, 6.45) is 4.05. The fourth-order valence-corrected chi connectivity index (χ4v) is 4.38. The molecular formula is C24H22FN9O. The van der Waals surface area contributed by atoms with Crippen molar-refractivity contribution in [2.45, 2.75) is 12.3 Å². The molecule has 11 heteroatoms. The molecule has 10 nitrogen and oxygen atoms in total. The Hall–Kier alpha value is -4.54. The molecule has 0 aliphatic carbocycles. The molecule has 5 heterocycles. The molecular weight excluding hydrogens is 449 g/mol. The summed E-state index contributed by atoms with van der Waals surface area (Å²) in [5.41, 5.74) is 3.24.